The van der Waals surface area contributed by atoms with Crippen LogP contribution in [0.3, 0.4) is 0 Å². The second-order valence-corrected chi connectivity index (χ2v) is 6.11. The molecule has 152 valence electrons. The molecule has 0 aliphatic heterocycles. The highest BCUT2D eigenvalue weighted by Crippen LogP contribution is 2.15. The minimum atomic E-state index is -0.680. The van der Waals surface area contributed by atoms with Crippen LogP contribution in [0.4, 0.5) is 17.1 Å². The van der Waals surface area contributed by atoms with Crippen LogP contribution in [0, 0.1) is 10.1 Å². The van der Waals surface area contributed by atoms with Crippen molar-refractivity contribution in [2.45, 2.75) is 26.2 Å². The fraction of sp³-hybridized carbons (Fsp3) is 0.250. The van der Waals surface area contributed by atoms with E-state index >= 15 is 0 Å². The molecule has 9 nitrogen and oxygen atoms in total. The van der Waals surface area contributed by atoms with E-state index in [0.29, 0.717) is 11.4 Å². The molecule has 0 radical (unpaired) electrons. The minimum absolute atomic E-state index is 0.0915. The van der Waals surface area contributed by atoms with Crippen molar-refractivity contribution in [3.05, 3.63) is 64.2 Å². The first-order valence-electron chi connectivity index (χ1n) is 8.96. The summed E-state index contributed by atoms with van der Waals surface area (Å²) in [6.45, 7) is 1.58. The summed E-state index contributed by atoms with van der Waals surface area (Å²) in [5.41, 5.74) is 2.03. The Morgan fingerprint density at radius 2 is 1.45 bits per heavy atom. The van der Waals surface area contributed by atoms with Gasteiger partial charge < -0.3 is 15.4 Å². The van der Waals surface area contributed by atoms with Gasteiger partial charge in [-0.2, -0.15) is 0 Å². The van der Waals surface area contributed by atoms with Crippen LogP contribution in [0.2, 0.25) is 0 Å². The number of anilines is 2. The summed E-state index contributed by atoms with van der Waals surface area (Å²) in [6.07, 6.45) is 0.552. The summed E-state index contributed by atoms with van der Waals surface area (Å²) < 4.78 is 4.86. The molecule has 0 aliphatic carbocycles. The molecular formula is C20H21N3O6. The lowest BCUT2D eigenvalue weighted by molar-refractivity contribution is -0.384. The maximum absolute atomic E-state index is 11.8. The van der Waals surface area contributed by atoms with Gasteiger partial charge in [0, 0.05) is 29.9 Å². The average Bonchev–Trinajstić information content (AvgIpc) is 2.71. The van der Waals surface area contributed by atoms with E-state index < -0.39 is 29.3 Å². The molecule has 2 amide bonds. The van der Waals surface area contributed by atoms with E-state index in [9.17, 15) is 24.5 Å². The molecule has 0 unspecified atom stereocenters. The van der Waals surface area contributed by atoms with Crippen molar-refractivity contribution in [1.29, 1.82) is 0 Å². The standard InChI is InChI=1S/C20H21N3O6/c1-2-14-3-5-15(6-4-14)22-19(25)13-29-20(26)12-11-18(24)21-16-7-9-17(10-8-16)23(27)28/h3-10H,2,11-13H2,1H3,(H,21,24)(H,22,25). The van der Waals surface area contributed by atoms with Gasteiger partial charge in [-0.1, -0.05) is 19.1 Å². The third-order valence-corrected chi connectivity index (χ3v) is 3.93. The van der Waals surface area contributed by atoms with Gasteiger partial charge in [0.2, 0.25) is 5.91 Å². The average molecular weight is 399 g/mol. The molecular weight excluding hydrogens is 378 g/mol. The van der Waals surface area contributed by atoms with Crippen LogP contribution < -0.4 is 10.6 Å². The number of ether oxygens (including phenoxy) is 1. The van der Waals surface area contributed by atoms with E-state index in [2.05, 4.69) is 10.6 Å². The molecule has 0 bridgehead atoms. The second kappa shape index (κ2) is 10.5. The predicted octanol–water partition coefficient (Wildman–Crippen LogP) is 3.06. The van der Waals surface area contributed by atoms with Crippen LogP contribution in [0.1, 0.15) is 25.3 Å². The summed E-state index contributed by atoms with van der Waals surface area (Å²) in [4.78, 5) is 45.4. The number of hydrogen-bond acceptors (Lipinski definition) is 6. The highest BCUT2D eigenvalue weighted by Gasteiger charge is 2.12. The fourth-order valence-corrected chi connectivity index (χ4v) is 2.34. The number of nitro benzene ring substituents is 1. The smallest absolute Gasteiger partial charge is 0.306 e. The highest BCUT2D eigenvalue weighted by atomic mass is 16.6. The molecule has 0 fully saturated rings. The Bertz CT molecular complexity index is 878. The molecule has 2 aromatic rings. The van der Waals surface area contributed by atoms with E-state index in [1.54, 1.807) is 12.1 Å². The molecule has 29 heavy (non-hydrogen) atoms. The number of nitrogens with one attached hydrogen (secondary N) is 2. The molecule has 0 saturated heterocycles. The molecule has 0 atom stereocenters. The van der Waals surface area contributed by atoms with Gasteiger partial charge in [0.1, 0.15) is 0 Å². The minimum Gasteiger partial charge on any atom is -0.456 e. The van der Waals surface area contributed by atoms with Crippen LogP contribution >= 0.6 is 0 Å². The van der Waals surface area contributed by atoms with Crippen LogP contribution in [-0.2, 0) is 25.5 Å². The quantitative estimate of drug-likeness (QED) is 0.379. The first-order chi connectivity index (χ1) is 13.9. The first-order valence-corrected chi connectivity index (χ1v) is 8.96. The third kappa shape index (κ3) is 7.41. The topological polar surface area (TPSA) is 128 Å². The molecule has 2 N–H and O–H groups in total. The lowest BCUT2D eigenvalue weighted by atomic mass is 10.1. The number of benzene rings is 2. The Hall–Kier alpha value is -3.75. The van der Waals surface area contributed by atoms with Crippen LogP contribution in [0.15, 0.2) is 48.5 Å². The number of carbonyl (C=O) groups is 3. The van der Waals surface area contributed by atoms with Crippen molar-refractivity contribution in [1.82, 2.24) is 0 Å². The number of nitrogens with zero attached hydrogens (tertiary/aromatic N) is 1. The van der Waals surface area contributed by atoms with Crippen molar-refractivity contribution < 1.29 is 24.0 Å². The Morgan fingerprint density at radius 3 is 2.00 bits per heavy atom. The Kier molecular flexibility index (Phi) is 7.84. The van der Waals surface area contributed by atoms with Gasteiger partial charge in [-0.05, 0) is 36.2 Å². The van der Waals surface area contributed by atoms with Gasteiger partial charge in [-0.3, -0.25) is 24.5 Å². The maximum atomic E-state index is 11.8. The molecule has 0 saturated carbocycles. The van der Waals surface area contributed by atoms with Gasteiger partial charge in [0.15, 0.2) is 6.61 Å². The summed E-state index contributed by atoms with van der Waals surface area (Å²) in [6, 6.07) is 12.6. The summed E-state index contributed by atoms with van der Waals surface area (Å²) in [5, 5.41) is 15.7. The number of non-ortho nitro benzene ring substituents is 1. The Morgan fingerprint density at radius 1 is 0.897 bits per heavy atom. The highest BCUT2D eigenvalue weighted by molar-refractivity contribution is 5.94. The molecule has 0 aromatic heterocycles. The SMILES string of the molecule is CCc1ccc(NC(=O)COC(=O)CCC(=O)Nc2ccc([N+](=O)[O-])cc2)cc1. The zero-order valence-corrected chi connectivity index (χ0v) is 15.8. The van der Waals surface area contributed by atoms with Crippen molar-refractivity contribution in [2.24, 2.45) is 0 Å². The molecule has 0 heterocycles. The fourth-order valence-electron chi connectivity index (χ4n) is 2.34. The first kappa shape index (κ1) is 21.5. The Labute approximate surface area is 167 Å². The summed E-state index contributed by atoms with van der Waals surface area (Å²) in [7, 11) is 0. The third-order valence-electron chi connectivity index (χ3n) is 3.93. The van der Waals surface area contributed by atoms with Crippen LogP contribution in [0.5, 0.6) is 0 Å². The van der Waals surface area contributed by atoms with Crippen LogP contribution in [0.25, 0.3) is 0 Å². The van der Waals surface area contributed by atoms with Crippen molar-refractivity contribution in [3.63, 3.8) is 0 Å². The molecule has 0 aliphatic rings. The van der Waals surface area contributed by atoms with Crippen molar-refractivity contribution in [2.75, 3.05) is 17.2 Å². The number of nitro groups is 1. The summed E-state index contributed by atoms with van der Waals surface area (Å²) in [5.74, 6) is -1.60. The number of esters is 1. The number of amides is 2. The molecule has 2 rings (SSSR count). The predicted molar refractivity (Wildman–Crippen MR) is 106 cm³/mol. The lowest BCUT2D eigenvalue weighted by Gasteiger charge is -2.08. The Balaban J connectivity index is 1.68. The number of carbonyl (C=O) groups excluding carboxylic acids is 3. The molecule has 9 heteroatoms. The van der Waals surface area contributed by atoms with Gasteiger partial charge in [0.25, 0.3) is 11.6 Å². The van der Waals surface area contributed by atoms with E-state index in [-0.39, 0.29) is 18.5 Å². The van der Waals surface area contributed by atoms with Gasteiger partial charge in [-0.15, -0.1) is 0 Å². The zero-order chi connectivity index (χ0) is 21.2. The lowest BCUT2D eigenvalue weighted by Crippen LogP contribution is -2.21. The number of rotatable bonds is 9. The largest absolute Gasteiger partial charge is 0.456 e. The number of aryl methyl sites for hydroxylation is 1. The normalized spacial score (nSPS) is 10.1. The van der Waals surface area contributed by atoms with E-state index in [0.717, 1.165) is 12.0 Å². The maximum Gasteiger partial charge on any atom is 0.306 e. The van der Waals surface area contributed by atoms with E-state index in [1.165, 1.54) is 24.3 Å². The molecule has 2 aromatic carbocycles. The molecule has 0 spiro atoms. The van der Waals surface area contributed by atoms with Gasteiger partial charge in [0.05, 0.1) is 11.3 Å². The zero-order valence-electron chi connectivity index (χ0n) is 15.8. The number of hydrogen-bond donors (Lipinski definition) is 2. The second-order valence-electron chi connectivity index (χ2n) is 6.11. The van der Waals surface area contributed by atoms with Gasteiger partial charge >= 0.3 is 5.97 Å². The van der Waals surface area contributed by atoms with E-state index in [1.807, 2.05) is 19.1 Å². The monoisotopic (exact) mass is 399 g/mol. The van der Waals surface area contributed by atoms with Crippen LogP contribution in [-0.4, -0.2) is 29.3 Å². The van der Waals surface area contributed by atoms with Gasteiger partial charge in [-0.25, -0.2) is 0 Å². The summed E-state index contributed by atoms with van der Waals surface area (Å²) >= 11 is 0. The van der Waals surface area contributed by atoms with E-state index in [4.69, 9.17) is 4.74 Å². The van der Waals surface area contributed by atoms with Crippen molar-refractivity contribution >= 4 is 34.8 Å². The van der Waals surface area contributed by atoms with Crippen molar-refractivity contribution in [3.8, 4) is 0 Å².